The molecule has 2 aromatic heterocycles. The molecule has 140 valence electrons. The average Bonchev–Trinajstić information content (AvgIpc) is 2.88. The highest BCUT2D eigenvalue weighted by Crippen LogP contribution is 2.40. The van der Waals surface area contributed by atoms with Crippen LogP contribution in [0.2, 0.25) is 0 Å². The van der Waals surface area contributed by atoms with Gasteiger partial charge < -0.3 is 24.6 Å². The maximum absolute atomic E-state index is 14.8. The summed E-state index contributed by atoms with van der Waals surface area (Å²) in [4.78, 5) is 14.7. The minimum Gasteiger partial charge on any atom is -0.472 e. The van der Waals surface area contributed by atoms with Gasteiger partial charge in [-0.05, 0) is 26.7 Å². The summed E-state index contributed by atoms with van der Waals surface area (Å²) in [5.41, 5.74) is 0.155. The molecule has 8 nitrogen and oxygen atoms in total. The molecule has 0 spiro atoms. The molecular weight excluding hydrogens is 343 g/mol. The number of aromatic nitrogens is 3. The van der Waals surface area contributed by atoms with E-state index in [0.29, 0.717) is 17.1 Å². The van der Waals surface area contributed by atoms with Crippen molar-refractivity contribution in [1.29, 1.82) is 0 Å². The van der Waals surface area contributed by atoms with E-state index in [9.17, 15) is 4.39 Å². The molecule has 4 rings (SSSR count). The molecule has 1 fully saturated rings. The van der Waals surface area contributed by atoms with Crippen molar-refractivity contribution >= 4 is 16.7 Å². The lowest BCUT2D eigenvalue weighted by Crippen LogP contribution is -2.44. The Hall–Kier alpha value is -2.26. The number of nitrogens with zero attached hydrogens (tertiary/aromatic N) is 4. The van der Waals surface area contributed by atoms with Crippen LogP contribution in [0.15, 0.2) is 0 Å². The Labute approximate surface area is 149 Å². The van der Waals surface area contributed by atoms with E-state index in [0.717, 1.165) is 32.2 Å². The zero-order valence-electron chi connectivity index (χ0n) is 14.6. The van der Waals surface area contributed by atoms with Crippen molar-refractivity contribution in [2.75, 3.05) is 11.4 Å². The van der Waals surface area contributed by atoms with Gasteiger partial charge in [0.2, 0.25) is 5.88 Å². The number of hydrogen-bond donors (Lipinski definition) is 2. The van der Waals surface area contributed by atoms with E-state index in [1.165, 1.54) is 6.92 Å². The predicted octanol–water partition coefficient (Wildman–Crippen LogP) is 1.65. The number of aliphatic hydroxyl groups is 2. The van der Waals surface area contributed by atoms with Crippen LogP contribution in [0.3, 0.4) is 0 Å². The third-order valence-electron chi connectivity index (χ3n) is 5.00. The lowest BCUT2D eigenvalue weighted by atomic mass is 10.1. The summed E-state index contributed by atoms with van der Waals surface area (Å²) in [5.74, 6) is 0.156. The molecule has 1 saturated heterocycles. The monoisotopic (exact) mass is 364 g/mol. The molecule has 0 aromatic carbocycles. The number of aryl methyl sites for hydroxylation is 1. The number of pyridine rings is 1. The summed E-state index contributed by atoms with van der Waals surface area (Å²) >= 11 is 0. The zero-order valence-corrected chi connectivity index (χ0v) is 14.6. The highest BCUT2D eigenvalue weighted by Gasteiger charge is 2.36. The normalized spacial score (nSPS) is 22.6. The van der Waals surface area contributed by atoms with Gasteiger partial charge in [-0.15, -0.1) is 0 Å². The van der Waals surface area contributed by atoms with Gasteiger partial charge in [-0.25, -0.2) is 9.37 Å². The molecule has 9 heteroatoms. The molecule has 2 aliphatic rings. The lowest BCUT2D eigenvalue weighted by Gasteiger charge is -2.32. The molecule has 0 amide bonds. The quantitative estimate of drug-likeness (QED) is 0.776. The van der Waals surface area contributed by atoms with Crippen LogP contribution in [0.1, 0.15) is 38.3 Å². The van der Waals surface area contributed by atoms with E-state index in [2.05, 4.69) is 19.9 Å². The van der Waals surface area contributed by atoms with Crippen molar-refractivity contribution < 1.29 is 24.1 Å². The van der Waals surface area contributed by atoms with Crippen molar-refractivity contribution in [3.63, 3.8) is 0 Å². The number of halogens is 1. The van der Waals surface area contributed by atoms with Crippen molar-refractivity contribution in [2.24, 2.45) is 0 Å². The van der Waals surface area contributed by atoms with E-state index >= 15 is 0 Å². The Morgan fingerprint density at radius 1 is 1.23 bits per heavy atom. The molecule has 2 unspecified atom stereocenters. The van der Waals surface area contributed by atoms with Gasteiger partial charge in [0.15, 0.2) is 5.82 Å². The van der Waals surface area contributed by atoms with Crippen LogP contribution in [-0.4, -0.2) is 50.3 Å². The Morgan fingerprint density at radius 2 is 2.04 bits per heavy atom. The summed E-state index contributed by atoms with van der Waals surface area (Å²) < 4.78 is 25.7. The standard InChI is InChI=1S/C17H21FN4O4/c1-8-12(18)13-11-14(21-16(20-13)26-17(23)24)22-7-5-3-4-6-10(22)9(2)25-15(11)19-8/h9-10,17,23-24H,3-7H2,1-2H3. The van der Waals surface area contributed by atoms with E-state index in [4.69, 9.17) is 19.7 Å². The van der Waals surface area contributed by atoms with Crippen LogP contribution < -0.4 is 14.4 Å². The number of hydrogen-bond acceptors (Lipinski definition) is 8. The van der Waals surface area contributed by atoms with Crippen LogP contribution in [0.25, 0.3) is 10.9 Å². The Balaban J connectivity index is 2.00. The first kappa shape index (κ1) is 17.2. The fourth-order valence-electron chi connectivity index (χ4n) is 3.79. The van der Waals surface area contributed by atoms with Crippen LogP contribution in [0, 0.1) is 12.7 Å². The van der Waals surface area contributed by atoms with Crippen molar-refractivity contribution in [3.05, 3.63) is 11.5 Å². The second-order valence-corrected chi connectivity index (χ2v) is 6.75. The van der Waals surface area contributed by atoms with Gasteiger partial charge in [-0.1, -0.05) is 12.8 Å². The van der Waals surface area contributed by atoms with Crippen LogP contribution in [0.4, 0.5) is 10.2 Å². The first-order chi connectivity index (χ1) is 12.5. The van der Waals surface area contributed by atoms with E-state index in [-0.39, 0.29) is 29.4 Å². The van der Waals surface area contributed by atoms with Crippen LogP contribution >= 0.6 is 0 Å². The second kappa shape index (κ2) is 6.48. The van der Waals surface area contributed by atoms with Gasteiger partial charge >= 0.3 is 12.5 Å². The maximum atomic E-state index is 14.8. The molecule has 4 heterocycles. The molecule has 26 heavy (non-hydrogen) atoms. The minimum atomic E-state index is -2.09. The minimum absolute atomic E-state index is 0.00486. The molecule has 0 radical (unpaired) electrons. The number of anilines is 1. The van der Waals surface area contributed by atoms with Crippen LogP contribution in [0.5, 0.6) is 11.9 Å². The largest absolute Gasteiger partial charge is 0.472 e. The molecule has 2 aromatic rings. The summed E-state index contributed by atoms with van der Waals surface area (Å²) in [7, 11) is 0. The molecular formula is C17H21FN4O4. The predicted molar refractivity (Wildman–Crippen MR) is 90.6 cm³/mol. The number of aliphatic hydroxyl groups excluding tert-OH is 1. The fourth-order valence-corrected chi connectivity index (χ4v) is 3.79. The average molecular weight is 364 g/mol. The van der Waals surface area contributed by atoms with Gasteiger partial charge in [0.05, 0.1) is 11.7 Å². The van der Waals surface area contributed by atoms with Gasteiger partial charge in [0.25, 0.3) is 0 Å². The zero-order chi connectivity index (χ0) is 18.4. The molecule has 0 aliphatic carbocycles. The first-order valence-electron chi connectivity index (χ1n) is 8.79. The van der Waals surface area contributed by atoms with E-state index in [1.807, 2.05) is 6.92 Å². The maximum Gasteiger partial charge on any atom is 0.323 e. The topological polar surface area (TPSA) is 101 Å². The molecule has 0 saturated carbocycles. The lowest BCUT2D eigenvalue weighted by molar-refractivity contribution is -0.183. The second-order valence-electron chi connectivity index (χ2n) is 6.75. The summed E-state index contributed by atoms with van der Waals surface area (Å²) in [6, 6.07) is -0.240. The summed E-state index contributed by atoms with van der Waals surface area (Å²) in [6.45, 7) is 2.15. The van der Waals surface area contributed by atoms with Gasteiger partial charge in [0, 0.05) is 6.54 Å². The van der Waals surface area contributed by atoms with E-state index in [1.54, 1.807) is 0 Å². The Kier molecular flexibility index (Phi) is 4.28. The number of fused-ring (bicyclic) bond motifs is 2. The Bertz CT molecular complexity index is 847. The van der Waals surface area contributed by atoms with Crippen molar-refractivity contribution in [2.45, 2.75) is 58.2 Å². The Morgan fingerprint density at radius 3 is 2.81 bits per heavy atom. The molecule has 2 atom stereocenters. The first-order valence-corrected chi connectivity index (χ1v) is 8.79. The van der Waals surface area contributed by atoms with Gasteiger partial charge in [-0.2, -0.15) is 9.97 Å². The van der Waals surface area contributed by atoms with Gasteiger partial charge in [0.1, 0.15) is 22.8 Å². The SMILES string of the molecule is Cc1nc2c3c(nc(OC(O)O)nc3c1F)N1CCCCCC1C(C)O2. The van der Waals surface area contributed by atoms with Crippen molar-refractivity contribution in [3.8, 4) is 11.9 Å². The number of rotatable bonds is 2. The molecule has 2 aliphatic heterocycles. The van der Waals surface area contributed by atoms with Crippen molar-refractivity contribution in [1.82, 2.24) is 15.0 Å². The third kappa shape index (κ3) is 2.80. The highest BCUT2D eigenvalue weighted by molar-refractivity contribution is 5.95. The third-order valence-corrected chi connectivity index (χ3v) is 5.00. The highest BCUT2D eigenvalue weighted by atomic mass is 19.1. The van der Waals surface area contributed by atoms with E-state index < -0.39 is 12.3 Å². The molecule has 2 N–H and O–H groups in total. The number of ether oxygens (including phenoxy) is 2. The smallest absolute Gasteiger partial charge is 0.323 e. The molecule has 0 bridgehead atoms. The van der Waals surface area contributed by atoms with Gasteiger partial charge in [-0.3, -0.25) is 0 Å². The summed E-state index contributed by atoms with van der Waals surface area (Å²) in [6.07, 6.45) is 3.90. The van der Waals surface area contributed by atoms with Crippen LogP contribution in [-0.2, 0) is 0 Å². The summed E-state index contributed by atoms with van der Waals surface area (Å²) in [5, 5.41) is 18.6. The fraction of sp³-hybridized carbons (Fsp3) is 0.588.